The minimum Gasteiger partial charge on any atom is -0.376 e. The Kier molecular flexibility index (Phi) is 3.92. The van der Waals surface area contributed by atoms with Crippen molar-refractivity contribution in [1.29, 1.82) is 0 Å². The lowest BCUT2D eigenvalue weighted by atomic mass is 9.80. The molecule has 0 atom stereocenters. The van der Waals surface area contributed by atoms with Gasteiger partial charge in [0, 0.05) is 24.1 Å². The van der Waals surface area contributed by atoms with E-state index in [0.29, 0.717) is 12.1 Å². The highest BCUT2D eigenvalue weighted by Crippen LogP contribution is 2.34. The number of methoxy groups -OCH3 is 1. The minimum absolute atomic E-state index is 0.174. The van der Waals surface area contributed by atoms with E-state index < -0.39 is 5.82 Å². The molecular formula is C13H16FNO2S. The van der Waals surface area contributed by atoms with Crippen molar-refractivity contribution in [2.75, 3.05) is 13.7 Å². The first-order valence-corrected chi connectivity index (χ1v) is 6.33. The molecule has 0 heterocycles. The van der Waals surface area contributed by atoms with Crippen molar-refractivity contribution in [3.8, 4) is 0 Å². The predicted molar refractivity (Wildman–Crippen MR) is 69.6 cm³/mol. The Bertz CT molecular complexity index is 455. The Hall–Kier alpha value is -1.07. The molecule has 2 rings (SSSR count). The standard InChI is InChI=1S/C13H16FNO2S/c1-17-13(5-2-6-13)8-15-12(16)9-3-4-10(14)11(18)7-9/h3-4,7,18H,2,5-6,8H2,1H3,(H,15,16). The number of carbonyl (C=O) groups is 1. The van der Waals surface area contributed by atoms with Crippen molar-refractivity contribution in [2.45, 2.75) is 29.8 Å². The second-order valence-electron chi connectivity index (χ2n) is 4.59. The molecule has 3 nitrogen and oxygen atoms in total. The van der Waals surface area contributed by atoms with Crippen LogP contribution in [0, 0.1) is 5.82 Å². The first-order chi connectivity index (χ1) is 8.56. The fraction of sp³-hybridized carbons (Fsp3) is 0.462. The molecule has 1 saturated carbocycles. The van der Waals surface area contributed by atoms with E-state index in [1.165, 1.54) is 18.2 Å². The second kappa shape index (κ2) is 5.28. The molecule has 0 unspecified atom stereocenters. The average Bonchev–Trinajstić information content (AvgIpc) is 2.31. The minimum atomic E-state index is -0.428. The molecule has 98 valence electrons. The van der Waals surface area contributed by atoms with E-state index >= 15 is 0 Å². The van der Waals surface area contributed by atoms with Gasteiger partial charge in [-0.15, -0.1) is 12.6 Å². The first kappa shape index (κ1) is 13.4. The number of amides is 1. The van der Waals surface area contributed by atoms with Gasteiger partial charge in [-0.25, -0.2) is 4.39 Å². The summed E-state index contributed by atoms with van der Waals surface area (Å²) < 4.78 is 18.4. The van der Waals surface area contributed by atoms with Crippen molar-refractivity contribution < 1.29 is 13.9 Å². The zero-order chi connectivity index (χ0) is 13.2. The third kappa shape index (κ3) is 2.67. The summed E-state index contributed by atoms with van der Waals surface area (Å²) >= 11 is 3.96. The van der Waals surface area contributed by atoms with Gasteiger partial charge in [0.1, 0.15) is 5.82 Å². The number of thiol groups is 1. The summed E-state index contributed by atoms with van der Waals surface area (Å²) in [6.45, 7) is 0.488. The third-order valence-corrected chi connectivity index (χ3v) is 3.82. The van der Waals surface area contributed by atoms with E-state index in [4.69, 9.17) is 4.74 Å². The molecule has 1 N–H and O–H groups in total. The molecule has 0 spiro atoms. The van der Waals surface area contributed by atoms with Crippen molar-refractivity contribution in [3.63, 3.8) is 0 Å². The monoisotopic (exact) mass is 269 g/mol. The van der Waals surface area contributed by atoms with Gasteiger partial charge in [0.2, 0.25) is 0 Å². The lowest BCUT2D eigenvalue weighted by Crippen LogP contribution is -2.49. The maximum Gasteiger partial charge on any atom is 0.251 e. The lowest BCUT2D eigenvalue weighted by Gasteiger charge is -2.40. The van der Waals surface area contributed by atoms with Crippen LogP contribution in [0.25, 0.3) is 0 Å². The van der Waals surface area contributed by atoms with E-state index in [9.17, 15) is 9.18 Å². The normalized spacial score (nSPS) is 17.1. The molecule has 0 aromatic heterocycles. The van der Waals surface area contributed by atoms with Crippen LogP contribution in [0.5, 0.6) is 0 Å². The number of rotatable bonds is 4. The van der Waals surface area contributed by atoms with Gasteiger partial charge in [0.25, 0.3) is 5.91 Å². The summed E-state index contributed by atoms with van der Waals surface area (Å²) in [6, 6.07) is 4.12. The van der Waals surface area contributed by atoms with Gasteiger partial charge < -0.3 is 10.1 Å². The van der Waals surface area contributed by atoms with Crippen molar-refractivity contribution in [2.24, 2.45) is 0 Å². The quantitative estimate of drug-likeness (QED) is 0.824. The molecule has 1 amide bonds. The molecule has 1 aliphatic carbocycles. The maximum atomic E-state index is 13.0. The van der Waals surface area contributed by atoms with Gasteiger partial charge >= 0.3 is 0 Å². The molecule has 1 aliphatic rings. The topological polar surface area (TPSA) is 38.3 Å². The van der Waals surface area contributed by atoms with Gasteiger partial charge in [-0.2, -0.15) is 0 Å². The summed E-state index contributed by atoms with van der Waals surface area (Å²) in [5.41, 5.74) is 0.200. The van der Waals surface area contributed by atoms with Crippen LogP contribution < -0.4 is 5.32 Å². The summed E-state index contributed by atoms with van der Waals surface area (Å²) in [6.07, 6.45) is 3.05. The summed E-state index contributed by atoms with van der Waals surface area (Å²) in [5.74, 6) is -0.657. The number of benzene rings is 1. The van der Waals surface area contributed by atoms with Crippen molar-refractivity contribution >= 4 is 18.5 Å². The molecular weight excluding hydrogens is 253 g/mol. The molecule has 0 bridgehead atoms. The fourth-order valence-electron chi connectivity index (χ4n) is 2.02. The highest BCUT2D eigenvalue weighted by molar-refractivity contribution is 7.80. The Balaban J connectivity index is 1.97. The van der Waals surface area contributed by atoms with E-state index in [2.05, 4.69) is 17.9 Å². The number of hydrogen-bond donors (Lipinski definition) is 2. The third-order valence-electron chi connectivity index (χ3n) is 3.48. The van der Waals surface area contributed by atoms with Crippen LogP contribution in [-0.4, -0.2) is 25.2 Å². The molecule has 0 saturated heterocycles. The first-order valence-electron chi connectivity index (χ1n) is 5.88. The fourth-order valence-corrected chi connectivity index (χ4v) is 2.24. The van der Waals surface area contributed by atoms with Crippen molar-refractivity contribution in [1.82, 2.24) is 5.32 Å². The number of nitrogens with one attached hydrogen (secondary N) is 1. The zero-order valence-electron chi connectivity index (χ0n) is 10.2. The van der Waals surface area contributed by atoms with E-state index in [1.807, 2.05) is 0 Å². The second-order valence-corrected chi connectivity index (χ2v) is 5.07. The van der Waals surface area contributed by atoms with Gasteiger partial charge in [0.05, 0.1) is 5.60 Å². The van der Waals surface area contributed by atoms with Crippen LogP contribution in [0.1, 0.15) is 29.6 Å². The lowest BCUT2D eigenvalue weighted by molar-refractivity contribution is -0.0679. The number of hydrogen-bond acceptors (Lipinski definition) is 3. The SMILES string of the molecule is COC1(CNC(=O)c2ccc(F)c(S)c2)CCC1. The maximum absolute atomic E-state index is 13.0. The molecule has 0 radical (unpaired) electrons. The van der Waals surface area contributed by atoms with Crippen LogP contribution in [-0.2, 0) is 4.74 Å². The summed E-state index contributed by atoms with van der Waals surface area (Å²) in [4.78, 5) is 12.1. The Morgan fingerprint density at radius 1 is 1.56 bits per heavy atom. The van der Waals surface area contributed by atoms with Crippen LogP contribution in [0.2, 0.25) is 0 Å². The number of ether oxygens (including phenoxy) is 1. The van der Waals surface area contributed by atoms with Crippen LogP contribution in [0.3, 0.4) is 0 Å². The Morgan fingerprint density at radius 2 is 2.28 bits per heavy atom. The van der Waals surface area contributed by atoms with Gasteiger partial charge in [-0.3, -0.25) is 4.79 Å². The largest absolute Gasteiger partial charge is 0.376 e. The Morgan fingerprint density at radius 3 is 2.78 bits per heavy atom. The van der Waals surface area contributed by atoms with Crippen LogP contribution in [0.4, 0.5) is 4.39 Å². The number of halogens is 1. The van der Waals surface area contributed by atoms with Crippen molar-refractivity contribution in [3.05, 3.63) is 29.6 Å². The molecule has 0 aliphatic heterocycles. The zero-order valence-corrected chi connectivity index (χ0v) is 11.1. The van der Waals surface area contributed by atoms with Crippen LogP contribution >= 0.6 is 12.6 Å². The van der Waals surface area contributed by atoms with Gasteiger partial charge in [-0.1, -0.05) is 0 Å². The smallest absolute Gasteiger partial charge is 0.251 e. The van der Waals surface area contributed by atoms with Gasteiger partial charge in [0.15, 0.2) is 0 Å². The number of carbonyl (C=O) groups excluding carboxylic acids is 1. The van der Waals surface area contributed by atoms with E-state index in [1.54, 1.807) is 7.11 Å². The Labute approximate surface area is 111 Å². The van der Waals surface area contributed by atoms with Gasteiger partial charge in [-0.05, 0) is 37.5 Å². The van der Waals surface area contributed by atoms with E-state index in [0.717, 1.165) is 19.3 Å². The predicted octanol–water partition coefficient (Wildman–Crippen LogP) is 2.41. The molecule has 18 heavy (non-hydrogen) atoms. The van der Waals surface area contributed by atoms with E-state index in [-0.39, 0.29) is 16.4 Å². The molecule has 1 aromatic rings. The molecule has 1 fully saturated rings. The molecule has 1 aromatic carbocycles. The van der Waals surface area contributed by atoms with Crippen LogP contribution in [0.15, 0.2) is 23.1 Å². The highest BCUT2D eigenvalue weighted by Gasteiger charge is 2.37. The highest BCUT2D eigenvalue weighted by atomic mass is 32.1. The molecule has 5 heteroatoms. The summed E-state index contributed by atoms with van der Waals surface area (Å²) in [7, 11) is 1.66. The summed E-state index contributed by atoms with van der Waals surface area (Å²) in [5, 5.41) is 2.82. The average molecular weight is 269 g/mol.